The van der Waals surface area contributed by atoms with Gasteiger partial charge in [-0.25, -0.2) is 0 Å². The zero-order valence-corrected chi connectivity index (χ0v) is 10.4. The van der Waals surface area contributed by atoms with Crippen molar-refractivity contribution in [3.05, 3.63) is 58.4 Å². The minimum Gasteiger partial charge on any atom is -0.497 e. The molecule has 0 spiro atoms. The molecule has 0 saturated carbocycles. The molecule has 0 fully saturated rings. The van der Waals surface area contributed by atoms with Crippen LogP contribution in [0.5, 0.6) is 5.75 Å². The normalized spacial score (nSPS) is 9.95. The number of hydrogen-bond acceptors (Lipinski definition) is 5. The van der Waals surface area contributed by atoms with Crippen molar-refractivity contribution in [2.24, 2.45) is 0 Å². The number of methoxy groups -OCH3 is 1. The maximum atomic E-state index is 10.9. The molecular weight excluding hydrogens is 246 g/mol. The molecule has 98 valence electrons. The van der Waals surface area contributed by atoms with Gasteiger partial charge in [0.25, 0.3) is 5.69 Å². The largest absolute Gasteiger partial charge is 0.497 e. The second kappa shape index (κ2) is 5.81. The molecule has 2 rings (SSSR count). The van der Waals surface area contributed by atoms with E-state index in [9.17, 15) is 10.1 Å². The zero-order valence-electron chi connectivity index (χ0n) is 10.4. The van der Waals surface area contributed by atoms with Crippen molar-refractivity contribution >= 4 is 11.4 Å². The lowest BCUT2D eigenvalue weighted by Crippen LogP contribution is -2.03. The molecule has 2 aromatic rings. The Labute approximate surface area is 110 Å². The number of hydrogen-bond donors (Lipinski definition) is 1. The maximum absolute atomic E-state index is 10.9. The molecule has 6 heteroatoms. The van der Waals surface area contributed by atoms with E-state index in [1.807, 2.05) is 12.1 Å². The third kappa shape index (κ3) is 3.19. The first kappa shape index (κ1) is 12.8. The summed E-state index contributed by atoms with van der Waals surface area (Å²) in [7, 11) is 1.52. The van der Waals surface area contributed by atoms with Crippen LogP contribution in [0.3, 0.4) is 0 Å². The quantitative estimate of drug-likeness (QED) is 0.659. The lowest BCUT2D eigenvalue weighted by atomic mass is 10.2. The first-order valence-electron chi connectivity index (χ1n) is 5.66. The lowest BCUT2D eigenvalue weighted by Gasteiger charge is -2.08. The molecule has 1 N–H and O–H groups in total. The molecule has 19 heavy (non-hydrogen) atoms. The van der Waals surface area contributed by atoms with Gasteiger partial charge in [0.05, 0.1) is 12.0 Å². The van der Waals surface area contributed by atoms with Crippen molar-refractivity contribution in [1.82, 2.24) is 4.98 Å². The fourth-order valence-electron chi connectivity index (χ4n) is 1.64. The molecule has 0 radical (unpaired) electrons. The highest BCUT2D eigenvalue weighted by atomic mass is 16.6. The summed E-state index contributed by atoms with van der Waals surface area (Å²) in [5, 5.41) is 14.0. The van der Waals surface area contributed by atoms with Crippen molar-refractivity contribution in [2.45, 2.75) is 6.54 Å². The molecule has 1 aromatic heterocycles. The minimum atomic E-state index is -0.426. The summed E-state index contributed by atoms with van der Waals surface area (Å²) < 4.78 is 5.07. The van der Waals surface area contributed by atoms with E-state index in [2.05, 4.69) is 10.3 Å². The molecular formula is C13H13N3O3. The minimum absolute atomic E-state index is 0.0182. The van der Waals surface area contributed by atoms with Crippen LogP contribution in [0.25, 0.3) is 0 Å². The Morgan fingerprint density at radius 3 is 2.89 bits per heavy atom. The van der Waals surface area contributed by atoms with Gasteiger partial charge in [-0.3, -0.25) is 15.1 Å². The van der Waals surface area contributed by atoms with Gasteiger partial charge in [-0.05, 0) is 17.7 Å². The van der Waals surface area contributed by atoms with E-state index in [4.69, 9.17) is 4.74 Å². The number of ether oxygens (including phenoxy) is 1. The van der Waals surface area contributed by atoms with Crippen molar-refractivity contribution < 1.29 is 9.66 Å². The molecule has 0 saturated heterocycles. The van der Waals surface area contributed by atoms with Crippen LogP contribution < -0.4 is 10.1 Å². The summed E-state index contributed by atoms with van der Waals surface area (Å²) >= 11 is 0. The Balaban J connectivity index is 2.20. The smallest absolute Gasteiger partial charge is 0.292 e. The van der Waals surface area contributed by atoms with Gasteiger partial charge in [0, 0.05) is 31.1 Å². The predicted molar refractivity (Wildman–Crippen MR) is 71.2 cm³/mol. The zero-order chi connectivity index (χ0) is 13.7. The molecule has 0 amide bonds. The number of nitrogens with one attached hydrogen (secondary N) is 1. The second-order valence-electron chi connectivity index (χ2n) is 3.86. The standard InChI is InChI=1S/C13H13N3O3/c1-19-11-4-5-13(16(17)18)12(7-11)15-9-10-3-2-6-14-8-10/h2-8,15H,9H2,1H3. The summed E-state index contributed by atoms with van der Waals surface area (Å²) in [6, 6.07) is 8.30. The summed E-state index contributed by atoms with van der Waals surface area (Å²) in [5.74, 6) is 0.569. The van der Waals surface area contributed by atoms with Crippen LogP contribution in [0.1, 0.15) is 5.56 Å². The summed E-state index contributed by atoms with van der Waals surface area (Å²) in [5.41, 5.74) is 1.39. The van der Waals surface area contributed by atoms with Gasteiger partial charge in [0.2, 0.25) is 0 Å². The fourth-order valence-corrected chi connectivity index (χ4v) is 1.64. The number of benzene rings is 1. The summed E-state index contributed by atoms with van der Waals surface area (Å²) in [6.45, 7) is 0.460. The Morgan fingerprint density at radius 2 is 2.26 bits per heavy atom. The van der Waals surface area contributed by atoms with Gasteiger partial charge in [-0.2, -0.15) is 0 Å². The molecule has 1 aromatic carbocycles. The van der Waals surface area contributed by atoms with E-state index in [0.29, 0.717) is 18.0 Å². The number of aromatic nitrogens is 1. The topological polar surface area (TPSA) is 77.3 Å². The average molecular weight is 259 g/mol. The molecule has 1 heterocycles. The lowest BCUT2D eigenvalue weighted by molar-refractivity contribution is -0.384. The molecule has 0 bridgehead atoms. The predicted octanol–water partition coefficient (Wildman–Crippen LogP) is 2.61. The van der Waals surface area contributed by atoms with E-state index < -0.39 is 4.92 Å². The van der Waals surface area contributed by atoms with Crippen LogP contribution in [-0.2, 0) is 6.54 Å². The van der Waals surface area contributed by atoms with Gasteiger partial charge < -0.3 is 10.1 Å². The van der Waals surface area contributed by atoms with Gasteiger partial charge >= 0.3 is 0 Å². The van der Waals surface area contributed by atoms with Crippen molar-refractivity contribution in [3.8, 4) is 5.75 Å². The average Bonchev–Trinajstić information content (AvgIpc) is 2.45. The van der Waals surface area contributed by atoms with E-state index in [-0.39, 0.29) is 5.69 Å². The van der Waals surface area contributed by atoms with Crippen LogP contribution >= 0.6 is 0 Å². The SMILES string of the molecule is COc1ccc([N+](=O)[O-])c(NCc2cccnc2)c1. The number of rotatable bonds is 5. The highest BCUT2D eigenvalue weighted by molar-refractivity contribution is 5.64. The Hall–Kier alpha value is -2.63. The van der Waals surface area contributed by atoms with Gasteiger partial charge in [-0.1, -0.05) is 6.07 Å². The van der Waals surface area contributed by atoms with E-state index in [0.717, 1.165) is 5.56 Å². The molecule has 0 atom stereocenters. The number of nitrogens with zero attached hydrogens (tertiary/aromatic N) is 2. The maximum Gasteiger partial charge on any atom is 0.292 e. The van der Waals surface area contributed by atoms with E-state index in [1.54, 1.807) is 24.5 Å². The number of nitro benzene ring substituents is 1. The van der Waals surface area contributed by atoms with Gasteiger partial charge in [0.1, 0.15) is 11.4 Å². The van der Waals surface area contributed by atoms with E-state index in [1.165, 1.54) is 13.2 Å². The van der Waals surface area contributed by atoms with Gasteiger partial charge in [0.15, 0.2) is 0 Å². The highest BCUT2D eigenvalue weighted by Gasteiger charge is 2.14. The van der Waals surface area contributed by atoms with Crippen molar-refractivity contribution in [2.75, 3.05) is 12.4 Å². The summed E-state index contributed by atoms with van der Waals surface area (Å²) in [4.78, 5) is 14.5. The van der Waals surface area contributed by atoms with Crippen molar-refractivity contribution in [3.63, 3.8) is 0 Å². The molecule has 0 aliphatic rings. The van der Waals surface area contributed by atoms with E-state index >= 15 is 0 Å². The van der Waals surface area contributed by atoms with Gasteiger partial charge in [-0.15, -0.1) is 0 Å². The first-order valence-corrected chi connectivity index (χ1v) is 5.66. The second-order valence-corrected chi connectivity index (χ2v) is 3.86. The van der Waals surface area contributed by atoms with Crippen molar-refractivity contribution in [1.29, 1.82) is 0 Å². The van der Waals surface area contributed by atoms with Crippen LogP contribution in [0.4, 0.5) is 11.4 Å². The Morgan fingerprint density at radius 1 is 1.42 bits per heavy atom. The third-order valence-electron chi connectivity index (χ3n) is 2.61. The molecule has 0 aliphatic heterocycles. The number of anilines is 1. The molecule has 0 unspecified atom stereocenters. The monoisotopic (exact) mass is 259 g/mol. The van der Waals surface area contributed by atoms with Crippen LogP contribution in [-0.4, -0.2) is 17.0 Å². The Kier molecular flexibility index (Phi) is 3.92. The van der Waals surface area contributed by atoms with Crippen LogP contribution in [0, 0.1) is 10.1 Å². The van der Waals surface area contributed by atoms with Crippen LogP contribution in [0.15, 0.2) is 42.7 Å². The fraction of sp³-hybridized carbons (Fsp3) is 0.154. The Bertz CT molecular complexity index is 573. The first-order chi connectivity index (χ1) is 9.20. The summed E-state index contributed by atoms with van der Waals surface area (Å²) in [6.07, 6.45) is 3.39. The molecule has 0 aliphatic carbocycles. The number of pyridine rings is 1. The third-order valence-corrected chi connectivity index (χ3v) is 2.61. The van der Waals surface area contributed by atoms with Crippen LogP contribution in [0.2, 0.25) is 0 Å². The number of nitro groups is 1. The highest BCUT2D eigenvalue weighted by Crippen LogP contribution is 2.29. The molecule has 6 nitrogen and oxygen atoms in total.